The molecule has 0 spiro atoms. The third-order valence-corrected chi connectivity index (χ3v) is 3.92. The predicted octanol–water partition coefficient (Wildman–Crippen LogP) is 1.73. The predicted molar refractivity (Wildman–Crippen MR) is 73.3 cm³/mol. The lowest BCUT2D eigenvalue weighted by atomic mass is 10.0. The number of carboxylic acid groups (broad SMARTS) is 1. The summed E-state index contributed by atoms with van der Waals surface area (Å²) in [4.78, 5) is 29.7. The highest BCUT2D eigenvalue weighted by Gasteiger charge is 2.27. The first-order valence-corrected chi connectivity index (χ1v) is 6.88. The van der Waals surface area contributed by atoms with Gasteiger partial charge in [0, 0.05) is 31.3 Å². The van der Waals surface area contributed by atoms with E-state index in [9.17, 15) is 14.7 Å². The minimum Gasteiger partial charge on any atom is -0.478 e. The van der Waals surface area contributed by atoms with E-state index in [-0.39, 0.29) is 11.5 Å². The summed E-state index contributed by atoms with van der Waals surface area (Å²) in [5.41, 5.74) is 2.17. The van der Waals surface area contributed by atoms with Gasteiger partial charge in [0.15, 0.2) is 0 Å². The maximum absolute atomic E-state index is 12.4. The highest BCUT2D eigenvalue weighted by atomic mass is 16.4. The Morgan fingerprint density at radius 1 is 1.20 bits per heavy atom. The van der Waals surface area contributed by atoms with Gasteiger partial charge in [0.1, 0.15) is 0 Å². The number of carboxylic acids is 1. The molecule has 5 nitrogen and oxygen atoms in total. The maximum atomic E-state index is 12.4. The normalized spacial score (nSPS) is 17.6. The van der Waals surface area contributed by atoms with Crippen molar-refractivity contribution < 1.29 is 14.7 Å². The zero-order valence-corrected chi connectivity index (χ0v) is 11.1. The van der Waals surface area contributed by atoms with Gasteiger partial charge in [0.2, 0.25) is 5.91 Å². The number of carbonyl (C=O) groups is 2. The fourth-order valence-corrected chi connectivity index (χ4v) is 2.86. The van der Waals surface area contributed by atoms with Crippen molar-refractivity contribution in [3.05, 3.63) is 34.7 Å². The molecular formula is C15H16N2O3. The van der Waals surface area contributed by atoms with Gasteiger partial charge >= 0.3 is 5.97 Å². The van der Waals surface area contributed by atoms with E-state index in [2.05, 4.69) is 4.98 Å². The molecule has 2 aliphatic rings. The van der Waals surface area contributed by atoms with Crippen LogP contribution < -0.4 is 0 Å². The second kappa shape index (κ2) is 5.07. The molecule has 1 aliphatic carbocycles. The van der Waals surface area contributed by atoms with Crippen molar-refractivity contribution in [2.24, 2.45) is 0 Å². The van der Waals surface area contributed by atoms with Crippen molar-refractivity contribution in [2.45, 2.75) is 25.7 Å². The molecule has 1 aromatic rings. The first-order chi connectivity index (χ1) is 9.66. The first kappa shape index (κ1) is 12.8. The number of likely N-dealkylation sites (tertiary alicyclic amines) is 1. The van der Waals surface area contributed by atoms with Crippen molar-refractivity contribution in [1.82, 2.24) is 9.88 Å². The molecule has 1 aliphatic heterocycles. The molecule has 0 saturated carbocycles. The summed E-state index contributed by atoms with van der Waals surface area (Å²) in [5.74, 6) is -0.942. The Balaban J connectivity index is 1.83. The van der Waals surface area contributed by atoms with E-state index < -0.39 is 5.97 Å². The van der Waals surface area contributed by atoms with Gasteiger partial charge in [-0.1, -0.05) is 0 Å². The van der Waals surface area contributed by atoms with E-state index in [1.165, 1.54) is 18.7 Å². The number of carbonyl (C=O) groups excluding carboxylic acids is 1. The molecule has 0 bridgehead atoms. The summed E-state index contributed by atoms with van der Waals surface area (Å²) >= 11 is 0. The molecule has 1 N–H and O–H groups in total. The third-order valence-electron chi connectivity index (χ3n) is 3.92. The van der Waals surface area contributed by atoms with Crippen molar-refractivity contribution >= 4 is 18.0 Å². The molecule has 0 radical (unpaired) electrons. The highest BCUT2D eigenvalue weighted by Crippen LogP contribution is 2.28. The van der Waals surface area contributed by atoms with Crippen LogP contribution in [0.3, 0.4) is 0 Å². The Hall–Kier alpha value is -2.17. The maximum Gasteiger partial charge on any atom is 0.336 e. The number of fused-ring (bicyclic) bond motifs is 1. The van der Waals surface area contributed by atoms with Crippen molar-refractivity contribution in [1.29, 1.82) is 0 Å². The van der Waals surface area contributed by atoms with Crippen LogP contribution in [0.5, 0.6) is 0 Å². The monoisotopic (exact) mass is 272 g/mol. The summed E-state index contributed by atoms with van der Waals surface area (Å²) in [5, 5.41) is 9.18. The van der Waals surface area contributed by atoms with Crippen molar-refractivity contribution in [3.63, 3.8) is 0 Å². The van der Waals surface area contributed by atoms with Gasteiger partial charge in [-0.15, -0.1) is 0 Å². The molecule has 0 unspecified atom stereocenters. The average molecular weight is 272 g/mol. The van der Waals surface area contributed by atoms with Gasteiger partial charge < -0.3 is 10.0 Å². The summed E-state index contributed by atoms with van der Waals surface area (Å²) < 4.78 is 0. The van der Waals surface area contributed by atoms with Gasteiger partial charge in [-0.2, -0.15) is 0 Å². The minimum atomic E-state index is -0.969. The number of rotatable bonds is 2. The minimum absolute atomic E-state index is 0.0269. The lowest BCUT2D eigenvalue weighted by Crippen LogP contribution is -2.36. The Kier molecular flexibility index (Phi) is 3.26. The Morgan fingerprint density at radius 2 is 1.95 bits per heavy atom. The van der Waals surface area contributed by atoms with E-state index in [0.29, 0.717) is 23.3 Å². The van der Waals surface area contributed by atoms with Crippen LogP contribution in [0.25, 0.3) is 6.08 Å². The van der Waals surface area contributed by atoms with Crippen molar-refractivity contribution in [3.8, 4) is 0 Å². The number of nitrogens with zero attached hydrogens (tertiary/aromatic N) is 2. The Morgan fingerprint density at radius 3 is 2.65 bits per heavy atom. The SMILES string of the molecule is O=C(O)c1ccnc2c1CC(C(=O)N1CCCCC1)=C2. The number of aromatic nitrogens is 1. The fraction of sp³-hybridized carbons (Fsp3) is 0.400. The first-order valence-electron chi connectivity index (χ1n) is 6.88. The van der Waals surface area contributed by atoms with Crippen molar-refractivity contribution in [2.75, 3.05) is 13.1 Å². The Labute approximate surface area is 116 Å². The van der Waals surface area contributed by atoms with Crippen LogP contribution in [0.15, 0.2) is 17.8 Å². The smallest absolute Gasteiger partial charge is 0.336 e. The molecule has 104 valence electrons. The number of hydrogen-bond acceptors (Lipinski definition) is 3. The van der Waals surface area contributed by atoms with Gasteiger partial charge in [-0.3, -0.25) is 9.78 Å². The number of hydrogen-bond donors (Lipinski definition) is 1. The molecule has 1 fully saturated rings. The standard InChI is InChI=1S/C15H16N2O3/c18-14(17-6-2-1-3-7-17)10-8-12-11(15(19)20)4-5-16-13(12)9-10/h4-5,9H,1-3,6-8H2,(H,19,20). The van der Waals surface area contributed by atoms with Crippen LogP contribution in [0.4, 0.5) is 0 Å². The molecule has 2 heterocycles. The van der Waals surface area contributed by atoms with E-state index in [1.807, 2.05) is 4.90 Å². The van der Waals surface area contributed by atoms with Gasteiger partial charge in [0.25, 0.3) is 0 Å². The fourth-order valence-electron chi connectivity index (χ4n) is 2.86. The Bertz CT molecular complexity index is 601. The molecule has 1 saturated heterocycles. The largest absolute Gasteiger partial charge is 0.478 e. The highest BCUT2D eigenvalue weighted by molar-refractivity contribution is 6.02. The summed E-state index contributed by atoms with van der Waals surface area (Å²) in [6.07, 6.45) is 6.86. The third kappa shape index (κ3) is 2.19. The van der Waals surface area contributed by atoms with E-state index in [0.717, 1.165) is 25.9 Å². The zero-order valence-electron chi connectivity index (χ0n) is 11.1. The second-order valence-corrected chi connectivity index (χ2v) is 5.23. The molecule has 1 amide bonds. The quantitative estimate of drug-likeness (QED) is 0.890. The molecule has 5 heteroatoms. The molecule has 20 heavy (non-hydrogen) atoms. The van der Waals surface area contributed by atoms with Gasteiger partial charge in [-0.25, -0.2) is 4.79 Å². The lowest BCUT2D eigenvalue weighted by Gasteiger charge is -2.27. The second-order valence-electron chi connectivity index (χ2n) is 5.23. The summed E-state index contributed by atoms with van der Waals surface area (Å²) in [6, 6.07) is 1.49. The van der Waals surface area contributed by atoms with Gasteiger partial charge in [-0.05, 0) is 37.0 Å². The van der Waals surface area contributed by atoms with Crippen LogP contribution in [-0.4, -0.2) is 40.0 Å². The van der Waals surface area contributed by atoms with E-state index >= 15 is 0 Å². The number of pyridine rings is 1. The topological polar surface area (TPSA) is 70.5 Å². The number of piperidine rings is 1. The zero-order chi connectivity index (χ0) is 14.1. The van der Waals surface area contributed by atoms with E-state index in [1.54, 1.807) is 6.08 Å². The molecule has 0 atom stereocenters. The van der Waals surface area contributed by atoms with Crippen LogP contribution in [0, 0.1) is 0 Å². The van der Waals surface area contributed by atoms with E-state index in [4.69, 9.17) is 0 Å². The molecule has 0 aromatic carbocycles. The summed E-state index contributed by atoms with van der Waals surface area (Å²) in [6.45, 7) is 1.59. The van der Waals surface area contributed by atoms with Crippen LogP contribution >= 0.6 is 0 Å². The molecule has 3 rings (SSSR count). The molecule has 1 aromatic heterocycles. The van der Waals surface area contributed by atoms with Crippen LogP contribution in [0.2, 0.25) is 0 Å². The van der Waals surface area contributed by atoms with Gasteiger partial charge in [0.05, 0.1) is 11.3 Å². The summed E-state index contributed by atoms with van der Waals surface area (Å²) in [7, 11) is 0. The average Bonchev–Trinajstić information content (AvgIpc) is 2.90. The number of amides is 1. The number of aromatic carboxylic acids is 1. The van der Waals surface area contributed by atoms with Crippen LogP contribution in [-0.2, 0) is 11.2 Å². The molecular weight excluding hydrogens is 256 g/mol. The lowest BCUT2D eigenvalue weighted by molar-refractivity contribution is -0.127. The van der Waals surface area contributed by atoms with Crippen LogP contribution in [0.1, 0.15) is 40.9 Å².